The molecular formula is C12H19N3O. The van der Waals surface area contributed by atoms with Crippen LogP contribution in [0.4, 0.5) is 5.69 Å². The van der Waals surface area contributed by atoms with Crippen LogP contribution in [0, 0.1) is 5.41 Å². The molecule has 4 nitrogen and oxygen atoms in total. The van der Waals surface area contributed by atoms with Crippen LogP contribution in [0.15, 0.2) is 24.3 Å². The number of hydrogen-bond donors (Lipinski definition) is 2. The molecule has 16 heavy (non-hydrogen) atoms. The third-order valence-electron chi connectivity index (χ3n) is 2.65. The van der Waals surface area contributed by atoms with Crippen molar-refractivity contribution in [3.63, 3.8) is 0 Å². The zero-order valence-corrected chi connectivity index (χ0v) is 10.0. The van der Waals surface area contributed by atoms with Gasteiger partial charge in [0.05, 0.1) is 6.61 Å². The number of nitrogen functional groups attached to an aromatic ring is 1. The van der Waals surface area contributed by atoms with Gasteiger partial charge in [0.15, 0.2) is 0 Å². The summed E-state index contributed by atoms with van der Waals surface area (Å²) in [6.45, 7) is 2.79. The number of likely N-dealkylation sites (N-methyl/N-ethyl adjacent to an activating group) is 1. The van der Waals surface area contributed by atoms with Crippen LogP contribution in [0.2, 0.25) is 0 Å². The molecule has 1 unspecified atom stereocenters. The summed E-state index contributed by atoms with van der Waals surface area (Å²) in [4.78, 5) is 2.13. The molecule has 0 heterocycles. The number of benzene rings is 1. The molecule has 0 radical (unpaired) electrons. The Kier molecular flexibility index (Phi) is 4.31. The molecule has 0 aliphatic heterocycles. The predicted octanol–water partition coefficient (Wildman–Crippen LogP) is 1.44. The van der Waals surface area contributed by atoms with Crippen molar-refractivity contribution in [2.24, 2.45) is 5.73 Å². The summed E-state index contributed by atoms with van der Waals surface area (Å²) in [6, 6.07) is 7.95. The smallest absolute Gasteiger partial charge is 0.122 e. The normalized spacial score (nSPS) is 12.2. The van der Waals surface area contributed by atoms with E-state index in [9.17, 15) is 0 Å². The van der Waals surface area contributed by atoms with Crippen molar-refractivity contribution < 1.29 is 4.74 Å². The lowest BCUT2D eigenvalue weighted by Gasteiger charge is -2.26. The van der Waals surface area contributed by atoms with E-state index in [2.05, 4.69) is 11.8 Å². The number of ether oxygens (including phenoxy) is 1. The Labute approximate surface area is 96.5 Å². The summed E-state index contributed by atoms with van der Waals surface area (Å²) in [5.41, 5.74) is 7.24. The summed E-state index contributed by atoms with van der Waals surface area (Å²) in [7, 11) is 3.72. The van der Waals surface area contributed by atoms with Crippen LogP contribution in [0.1, 0.15) is 12.5 Å². The van der Waals surface area contributed by atoms with Gasteiger partial charge in [-0.3, -0.25) is 5.41 Å². The lowest BCUT2D eigenvalue weighted by molar-refractivity contribution is 0.183. The number of rotatable bonds is 5. The Hall–Kier alpha value is -1.55. The van der Waals surface area contributed by atoms with Gasteiger partial charge in [-0.15, -0.1) is 0 Å². The molecule has 1 atom stereocenters. The van der Waals surface area contributed by atoms with Crippen molar-refractivity contribution in [3.8, 4) is 0 Å². The summed E-state index contributed by atoms with van der Waals surface area (Å²) in [5, 5.41) is 7.31. The first-order chi connectivity index (χ1) is 7.56. The Morgan fingerprint density at radius 2 is 2.00 bits per heavy atom. The van der Waals surface area contributed by atoms with E-state index in [0.717, 1.165) is 11.3 Å². The maximum Gasteiger partial charge on any atom is 0.122 e. The Balaban J connectivity index is 2.77. The second kappa shape index (κ2) is 5.51. The maximum absolute atomic E-state index is 7.31. The Morgan fingerprint density at radius 1 is 1.44 bits per heavy atom. The second-order valence-electron chi connectivity index (χ2n) is 3.88. The van der Waals surface area contributed by atoms with E-state index < -0.39 is 0 Å². The van der Waals surface area contributed by atoms with Gasteiger partial charge in [-0.05, 0) is 31.2 Å². The van der Waals surface area contributed by atoms with E-state index in [4.69, 9.17) is 15.9 Å². The molecule has 88 valence electrons. The standard InChI is InChI=1S/C12H19N3O/c1-9(8-16-3)15(2)11-6-4-10(5-7-11)12(13)14/h4-7,9H,8H2,1-3H3,(H3,13,14). The van der Waals surface area contributed by atoms with Crippen molar-refractivity contribution >= 4 is 11.5 Å². The lowest BCUT2D eigenvalue weighted by atomic mass is 10.1. The van der Waals surface area contributed by atoms with E-state index in [-0.39, 0.29) is 5.84 Å². The van der Waals surface area contributed by atoms with Crippen LogP contribution in [-0.4, -0.2) is 32.6 Å². The van der Waals surface area contributed by atoms with Gasteiger partial charge in [-0.25, -0.2) is 0 Å². The lowest BCUT2D eigenvalue weighted by Crippen LogP contribution is -2.32. The molecule has 0 saturated heterocycles. The van der Waals surface area contributed by atoms with E-state index in [0.29, 0.717) is 12.6 Å². The number of nitrogens with one attached hydrogen (secondary N) is 1. The number of hydrogen-bond acceptors (Lipinski definition) is 3. The minimum absolute atomic E-state index is 0.0964. The number of nitrogens with two attached hydrogens (primary N) is 1. The molecule has 0 amide bonds. The van der Waals surface area contributed by atoms with Crippen LogP contribution in [0.3, 0.4) is 0 Å². The fourth-order valence-corrected chi connectivity index (χ4v) is 1.48. The average molecular weight is 221 g/mol. The SMILES string of the molecule is COCC(C)N(C)c1ccc(C(=N)N)cc1. The Morgan fingerprint density at radius 3 is 2.44 bits per heavy atom. The molecule has 0 spiro atoms. The molecule has 0 fully saturated rings. The highest BCUT2D eigenvalue weighted by molar-refractivity contribution is 5.95. The number of methoxy groups -OCH3 is 1. The first-order valence-electron chi connectivity index (χ1n) is 5.22. The van der Waals surface area contributed by atoms with Gasteiger partial charge in [-0.2, -0.15) is 0 Å². The van der Waals surface area contributed by atoms with Gasteiger partial charge in [-0.1, -0.05) is 0 Å². The highest BCUT2D eigenvalue weighted by Gasteiger charge is 2.09. The summed E-state index contributed by atoms with van der Waals surface area (Å²) in [5.74, 6) is 0.0964. The third kappa shape index (κ3) is 2.97. The molecule has 0 aliphatic rings. The molecule has 0 aromatic heterocycles. The van der Waals surface area contributed by atoms with Crippen molar-refractivity contribution in [1.29, 1.82) is 5.41 Å². The van der Waals surface area contributed by atoms with Gasteiger partial charge < -0.3 is 15.4 Å². The van der Waals surface area contributed by atoms with Crippen molar-refractivity contribution in [2.45, 2.75) is 13.0 Å². The second-order valence-corrected chi connectivity index (χ2v) is 3.88. The number of amidine groups is 1. The van der Waals surface area contributed by atoms with E-state index in [1.54, 1.807) is 7.11 Å². The topological polar surface area (TPSA) is 62.3 Å². The Bertz CT molecular complexity index is 348. The van der Waals surface area contributed by atoms with Crippen molar-refractivity contribution in [3.05, 3.63) is 29.8 Å². The zero-order valence-electron chi connectivity index (χ0n) is 10.0. The summed E-state index contributed by atoms with van der Waals surface area (Å²) < 4.78 is 5.11. The van der Waals surface area contributed by atoms with Crippen molar-refractivity contribution in [2.75, 3.05) is 25.7 Å². The van der Waals surface area contributed by atoms with Gasteiger partial charge in [0.1, 0.15) is 5.84 Å². The predicted molar refractivity (Wildman–Crippen MR) is 67.2 cm³/mol. The third-order valence-corrected chi connectivity index (χ3v) is 2.65. The monoisotopic (exact) mass is 221 g/mol. The van der Waals surface area contributed by atoms with Gasteiger partial charge >= 0.3 is 0 Å². The summed E-state index contributed by atoms with van der Waals surface area (Å²) >= 11 is 0. The molecule has 0 bridgehead atoms. The first-order valence-corrected chi connectivity index (χ1v) is 5.22. The highest BCUT2D eigenvalue weighted by Crippen LogP contribution is 2.16. The molecule has 4 heteroatoms. The fourth-order valence-electron chi connectivity index (χ4n) is 1.48. The molecule has 0 saturated carbocycles. The van der Waals surface area contributed by atoms with E-state index >= 15 is 0 Å². The average Bonchev–Trinajstić information content (AvgIpc) is 2.28. The van der Waals surface area contributed by atoms with Crippen LogP contribution in [0.5, 0.6) is 0 Å². The van der Waals surface area contributed by atoms with E-state index in [1.165, 1.54) is 0 Å². The largest absolute Gasteiger partial charge is 0.384 e. The first kappa shape index (κ1) is 12.5. The molecule has 1 aromatic rings. The van der Waals surface area contributed by atoms with Crippen LogP contribution in [-0.2, 0) is 4.74 Å². The maximum atomic E-state index is 7.31. The molecule has 1 rings (SSSR count). The molecule has 0 aliphatic carbocycles. The van der Waals surface area contributed by atoms with Gasteiger partial charge in [0.25, 0.3) is 0 Å². The minimum Gasteiger partial charge on any atom is -0.384 e. The van der Waals surface area contributed by atoms with Gasteiger partial charge in [0, 0.05) is 31.5 Å². The van der Waals surface area contributed by atoms with Gasteiger partial charge in [0.2, 0.25) is 0 Å². The minimum atomic E-state index is 0.0964. The highest BCUT2D eigenvalue weighted by atomic mass is 16.5. The molecule has 1 aromatic carbocycles. The van der Waals surface area contributed by atoms with Crippen LogP contribution in [0.25, 0.3) is 0 Å². The fraction of sp³-hybridized carbons (Fsp3) is 0.417. The van der Waals surface area contributed by atoms with E-state index in [1.807, 2.05) is 31.3 Å². The summed E-state index contributed by atoms with van der Waals surface area (Å²) in [6.07, 6.45) is 0. The van der Waals surface area contributed by atoms with Crippen LogP contribution < -0.4 is 10.6 Å². The van der Waals surface area contributed by atoms with Crippen LogP contribution >= 0.6 is 0 Å². The number of nitrogens with zero attached hydrogens (tertiary/aromatic N) is 1. The molecule has 3 N–H and O–H groups in total. The quantitative estimate of drug-likeness (QED) is 0.584. The number of anilines is 1. The molecular weight excluding hydrogens is 202 g/mol. The zero-order chi connectivity index (χ0) is 12.1. The van der Waals surface area contributed by atoms with Crippen molar-refractivity contribution in [1.82, 2.24) is 0 Å².